The minimum atomic E-state index is -4.46. The minimum absolute atomic E-state index is 0.320. The van der Waals surface area contributed by atoms with E-state index in [9.17, 15) is 35.9 Å². The molecule has 4 nitrogen and oxygen atoms in total. The first-order chi connectivity index (χ1) is 24.8. The average Bonchev–Trinajstić information content (AvgIpc) is 3.85. The van der Waals surface area contributed by atoms with Gasteiger partial charge in [-0.05, 0) is 35.4 Å². The predicted octanol–water partition coefficient (Wildman–Crippen LogP) is 12.9. The Morgan fingerprint density at radius 3 is 1.29 bits per heavy atom. The normalized spacial score (nSPS) is 13.7. The number of thiophene rings is 4. The third-order valence-corrected chi connectivity index (χ3v) is 13.4. The lowest BCUT2D eigenvalue weighted by Crippen LogP contribution is -2.16. The zero-order valence-corrected chi connectivity index (χ0v) is 30.3. The molecule has 2 atom stereocenters. The van der Waals surface area contributed by atoms with Crippen molar-refractivity contribution >= 4 is 96.3 Å². The zero-order chi connectivity index (χ0) is 36.6. The lowest BCUT2D eigenvalue weighted by molar-refractivity contribution is -0.161. The second-order valence-electron chi connectivity index (χ2n) is 12.3. The summed E-state index contributed by atoms with van der Waals surface area (Å²) in [7, 11) is 0. The van der Waals surface area contributed by atoms with Gasteiger partial charge in [-0.1, -0.05) is 60.7 Å². The van der Waals surface area contributed by atoms with Gasteiger partial charge in [0, 0.05) is 52.2 Å². The van der Waals surface area contributed by atoms with E-state index in [1.54, 1.807) is 22.7 Å². The topological polar surface area (TPSA) is 52.6 Å². The van der Waals surface area contributed by atoms with Crippen molar-refractivity contribution in [2.45, 2.75) is 63.1 Å². The van der Waals surface area contributed by atoms with Gasteiger partial charge in [0.05, 0.1) is 35.1 Å². The van der Waals surface area contributed by atoms with Gasteiger partial charge in [-0.3, -0.25) is 9.59 Å². The molecular formula is C38H28F6O4S4. The van der Waals surface area contributed by atoms with Crippen molar-refractivity contribution in [3.05, 3.63) is 106 Å². The molecule has 0 amide bonds. The molecule has 4 heterocycles. The maximum absolute atomic E-state index is 12.8. The van der Waals surface area contributed by atoms with E-state index in [0.717, 1.165) is 59.9 Å². The Morgan fingerprint density at radius 1 is 0.538 bits per heavy atom. The van der Waals surface area contributed by atoms with Crippen molar-refractivity contribution < 1.29 is 45.4 Å². The summed E-state index contributed by atoms with van der Waals surface area (Å²) in [5.41, 5.74) is 1.78. The van der Waals surface area contributed by atoms with E-state index < -0.39 is 62.2 Å². The molecule has 52 heavy (non-hydrogen) atoms. The molecule has 2 unspecified atom stereocenters. The van der Waals surface area contributed by atoms with Crippen molar-refractivity contribution in [2.24, 2.45) is 0 Å². The van der Waals surface area contributed by atoms with Gasteiger partial charge < -0.3 is 9.47 Å². The van der Waals surface area contributed by atoms with Gasteiger partial charge in [-0.15, -0.1) is 45.3 Å². The fourth-order valence-electron chi connectivity index (χ4n) is 5.93. The summed E-state index contributed by atoms with van der Waals surface area (Å²) >= 11 is 6.05. The maximum Gasteiger partial charge on any atom is 0.389 e. The number of ether oxygens (including phenoxy) is 2. The molecule has 0 radical (unpaired) electrons. The molecule has 0 aliphatic rings. The van der Waals surface area contributed by atoms with Crippen LogP contribution in [0.2, 0.25) is 0 Å². The molecule has 0 saturated carbocycles. The maximum atomic E-state index is 12.8. The van der Waals surface area contributed by atoms with Crippen LogP contribution in [0, 0.1) is 0 Å². The van der Waals surface area contributed by atoms with Crippen LogP contribution in [0.5, 0.6) is 0 Å². The SMILES string of the molecule is O=C(CCC(F)(F)F)OC(Cc1ccccc1)c1cc2sc3cc4c(cc3c2s1)sc1cc(C(Cc2ccccc2)OC(=O)CCC(F)(F)F)sc14. The van der Waals surface area contributed by atoms with E-state index in [1.165, 1.54) is 22.7 Å². The smallest absolute Gasteiger partial charge is 0.389 e. The van der Waals surface area contributed by atoms with Crippen LogP contribution in [-0.4, -0.2) is 24.3 Å². The van der Waals surface area contributed by atoms with Crippen molar-refractivity contribution in [2.75, 3.05) is 0 Å². The summed E-state index contributed by atoms with van der Waals surface area (Å²) in [4.78, 5) is 26.6. The number of halogens is 6. The van der Waals surface area contributed by atoms with Crippen molar-refractivity contribution in [3.8, 4) is 0 Å². The number of carbonyl (C=O) groups is 2. The fourth-order valence-corrected chi connectivity index (χ4v) is 11.1. The number of alkyl halides is 6. The molecule has 270 valence electrons. The fraction of sp³-hybridized carbons (Fsp3) is 0.263. The van der Waals surface area contributed by atoms with E-state index in [1.807, 2.05) is 72.8 Å². The monoisotopic (exact) mass is 790 g/mol. The van der Waals surface area contributed by atoms with Gasteiger partial charge in [-0.2, -0.15) is 26.3 Å². The highest BCUT2D eigenvalue weighted by Gasteiger charge is 2.31. The third-order valence-electron chi connectivity index (χ3n) is 8.38. The highest BCUT2D eigenvalue weighted by Crippen LogP contribution is 2.48. The van der Waals surface area contributed by atoms with Crippen molar-refractivity contribution in [3.63, 3.8) is 0 Å². The van der Waals surface area contributed by atoms with Gasteiger partial charge in [0.25, 0.3) is 0 Å². The lowest BCUT2D eigenvalue weighted by atomic mass is 10.1. The largest absolute Gasteiger partial charge is 0.456 e. The number of hydrogen-bond donors (Lipinski definition) is 0. The lowest BCUT2D eigenvalue weighted by Gasteiger charge is -2.17. The quantitative estimate of drug-likeness (QED) is 0.0914. The van der Waals surface area contributed by atoms with E-state index in [2.05, 4.69) is 12.1 Å². The van der Waals surface area contributed by atoms with Gasteiger partial charge in [0.1, 0.15) is 12.2 Å². The van der Waals surface area contributed by atoms with Crippen LogP contribution in [0.3, 0.4) is 0 Å². The van der Waals surface area contributed by atoms with E-state index in [-0.39, 0.29) is 0 Å². The van der Waals surface area contributed by atoms with Crippen LogP contribution in [0.1, 0.15) is 58.8 Å². The highest BCUT2D eigenvalue weighted by atomic mass is 32.1. The number of benzene rings is 3. The zero-order valence-electron chi connectivity index (χ0n) is 27.0. The van der Waals surface area contributed by atoms with Crippen LogP contribution >= 0.6 is 45.3 Å². The highest BCUT2D eigenvalue weighted by molar-refractivity contribution is 7.34. The molecule has 0 bridgehead atoms. The van der Waals surface area contributed by atoms with Gasteiger partial charge in [0.15, 0.2) is 0 Å². The number of fused-ring (bicyclic) bond motifs is 6. The Balaban J connectivity index is 1.19. The van der Waals surface area contributed by atoms with Crippen molar-refractivity contribution in [1.29, 1.82) is 0 Å². The average molecular weight is 791 g/mol. The van der Waals surface area contributed by atoms with Crippen LogP contribution in [0.4, 0.5) is 26.3 Å². The summed E-state index contributed by atoms with van der Waals surface area (Å²) in [6, 6.07) is 26.8. The second-order valence-corrected chi connectivity index (χ2v) is 16.6. The first-order valence-electron chi connectivity index (χ1n) is 16.2. The Labute approximate surface area is 309 Å². The van der Waals surface area contributed by atoms with E-state index in [0.29, 0.717) is 12.8 Å². The molecule has 0 fully saturated rings. The predicted molar refractivity (Wildman–Crippen MR) is 197 cm³/mol. The Morgan fingerprint density at radius 2 is 0.923 bits per heavy atom. The number of rotatable bonds is 12. The van der Waals surface area contributed by atoms with Crippen molar-refractivity contribution in [1.82, 2.24) is 0 Å². The van der Waals surface area contributed by atoms with Gasteiger partial charge in [0.2, 0.25) is 0 Å². The van der Waals surface area contributed by atoms with Crippen LogP contribution in [0.25, 0.3) is 39.0 Å². The standard InChI is InChI=1S/C38H28F6O4S4/c39-37(40,41)13-11-33(45)47-25(15-21-7-3-1-4-8-21)29-19-31-35(51-29)23-17-28-24(18-27(23)49-31)36-32(50-28)20-30(52-36)26(16-22-9-5-2-6-10-22)48-34(46)12-14-38(42,43)44/h1-10,17-20,25-26H,11-16H2. The molecule has 0 spiro atoms. The molecule has 0 aliphatic carbocycles. The van der Waals surface area contributed by atoms with Gasteiger partial charge in [-0.25, -0.2) is 0 Å². The molecule has 7 aromatic rings. The molecule has 0 saturated heterocycles. The molecule has 3 aromatic carbocycles. The number of carbonyl (C=O) groups excluding carboxylic acids is 2. The molecule has 0 N–H and O–H groups in total. The first-order valence-corrected chi connectivity index (χ1v) is 19.5. The van der Waals surface area contributed by atoms with Crippen LogP contribution in [-0.2, 0) is 31.9 Å². The Kier molecular flexibility index (Phi) is 10.4. The first kappa shape index (κ1) is 36.4. The molecule has 7 rings (SSSR count). The Bertz CT molecular complexity index is 2190. The van der Waals surface area contributed by atoms with E-state index >= 15 is 0 Å². The third kappa shape index (κ3) is 8.62. The molecule has 14 heteroatoms. The molecule has 0 aliphatic heterocycles. The van der Waals surface area contributed by atoms with Gasteiger partial charge >= 0.3 is 24.3 Å². The Hall–Kier alpha value is -3.98. The van der Waals surface area contributed by atoms with Crippen LogP contribution < -0.4 is 0 Å². The molecular weight excluding hydrogens is 763 g/mol. The summed E-state index contributed by atoms with van der Waals surface area (Å²) in [6.45, 7) is 0. The summed E-state index contributed by atoms with van der Waals surface area (Å²) < 4.78 is 94.2. The number of esters is 2. The molecule has 4 aromatic heterocycles. The second kappa shape index (κ2) is 14.8. The summed E-state index contributed by atoms with van der Waals surface area (Å²) in [6.07, 6.45) is -13.8. The minimum Gasteiger partial charge on any atom is -0.456 e. The summed E-state index contributed by atoms with van der Waals surface area (Å²) in [5.74, 6) is -1.80. The summed E-state index contributed by atoms with van der Waals surface area (Å²) in [5, 5.41) is 2.03. The van der Waals surface area contributed by atoms with Crippen LogP contribution in [0.15, 0.2) is 84.9 Å². The van der Waals surface area contributed by atoms with E-state index in [4.69, 9.17) is 9.47 Å². The number of hydrogen-bond acceptors (Lipinski definition) is 8.